The van der Waals surface area contributed by atoms with Crippen LogP contribution in [0.4, 0.5) is 0 Å². The van der Waals surface area contributed by atoms with Gasteiger partial charge in [0.1, 0.15) is 23.9 Å². The van der Waals surface area contributed by atoms with Crippen LogP contribution in [-0.4, -0.2) is 28.8 Å². The van der Waals surface area contributed by atoms with Crippen molar-refractivity contribution in [3.63, 3.8) is 0 Å². The lowest BCUT2D eigenvalue weighted by Gasteiger charge is -2.37. The standard InChI is InChI=1S/C26H27N3O3/c1-16-20(31-15-25(2,3)30)8-9-22-24(16)26(12-23(27)29-14-26)19-11-17(6-7-21(19)32-22)18-5-4-10-28-13-18/h4-13,29-30H,14-15,27H2,1-3H3/t26-/m0/s1. The van der Waals surface area contributed by atoms with Crippen molar-refractivity contribution in [3.8, 4) is 28.4 Å². The van der Waals surface area contributed by atoms with Crippen LogP contribution >= 0.6 is 0 Å². The van der Waals surface area contributed by atoms with Crippen LogP contribution in [0.1, 0.15) is 30.5 Å². The average Bonchev–Trinajstić information content (AvgIpc) is 3.15. The lowest BCUT2D eigenvalue weighted by molar-refractivity contribution is 0.0282. The van der Waals surface area contributed by atoms with Crippen molar-refractivity contribution in [2.75, 3.05) is 13.2 Å². The molecule has 0 bridgehead atoms. The van der Waals surface area contributed by atoms with E-state index in [1.807, 2.05) is 43.5 Å². The van der Waals surface area contributed by atoms with Gasteiger partial charge in [-0.1, -0.05) is 12.1 Å². The average molecular weight is 430 g/mol. The molecule has 5 rings (SSSR count). The van der Waals surface area contributed by atoms with E-state index in [9.17, 15) is 5.11 Å². The molecular weight excluding hydrogens is 402 g/mol. The zero-order valence-electron chi connectivity index (χ0n) is 18.5. The molecule has 0 saturated heterocycles. The molecule has 0 saturated carbocycles. The molecule has 32 heavy (non-hydrogen) atoms. The van der Waals surface area contributed by atoms with Crippen molar-refractivity contribution >= 4 is 0 Å². The smallest absolute Gasteiger partial charge is 0.132 e. The number of nitrogens with one attached hydrogen (secondary N) is 1. The van der Waals surface area contributed by atoms with Crippen LogP contribution in [0.3, 0.4) is 0 Å². The Balaban J connectivity index is 1.67. The first-order valence-electron chi connectivity index (χ1n) is 10.7. The summed E-state index contributed by atoms with van der Waals surface area (Å²) < 4.78 is 12.3. The van der Waals surface area contributed by atoms with E-state index >= 15 is 0 Å². The lowest BCUT2D eigenvalue weighted by Crippen LogP contribution is -2.35. The fourth-order valence-corrected chi connectivity index (χ4v) is 4.59. The van der Waals surface area contributed by atoms with Crippen LogP contribution in [0.15, 0.2) is 66.8 Å². The molecule has 1 atom stereocenters. The molecule has 0 amide bonds. The second-order valence-corrected chi connectivity index (χ2v) is 9.14. The third kappa shape index (κ3) is 3.37. The van der Waals surface area contributed by atoms with Gasteiger partial charge in [0.05, 0.1) is 16.8 Å². The van der Waals surface area contributed by atoms with Gasteiger partial charge in [-0.2, -0.15) is 0 Å². The highest BCUT2D eigenvalue weighted by Gasteiger charge is 2.45. The summed E-state index contributed by atoms with van der Waals surface area (Å²) in [4.78, 5) is 4.26. The Kier molecular flexibility index (Phi) is 4.64. The highest BCUT2D eigenvalue weighted by Crippen LogP contribution is 2.53. The van der Waals surface area contributed by atoms with Gasteiger partial charge < -0.3 is 25.6 Å². The SMILES string of the molecule is Cc1c(OCC(C)(C)O)ccc2c1[C@]1(C=C(N)NC1)c1cc(-c3cccnc3)ccc1O2. The van der Waals surface area contributed by atoms with Gasteiger partial charge in [0.2, 0.25) is 0 Å². The largest absolute Gasteiger partial charge is 0.490 e. The van der Waals surface area contributed by atoms with Crippen molar-refractivity contribution in [2.45, 2.75) is 31.8 Å². The van der Waals surface area contributed by atoms with E-state index in [1.54, 1.807) is 20.0 Å². The molecule has 2 aliphatic rings. The first-order chi connectivity index (χ1) is 15.3. The Labute approximate surface area is 187 Å². The number of nitrogens with zero attached hydrogens (tertiary/aromatic N) is 1. The van der Waals surface area contributed by atoms with Crippen molar-refractivity contribution in [1.29, 1.82) is 0 Å². The summed E-state index contributed by atoms with van der Waals surface area (Å²) in [5.41, 5.74) is 9.96. The van der Waals surface area contributed by atoms with Crippen LogP contribution in [0.2, 0.25) is 0 Å². The predicted octanol–water partition coefficient (Wildman–Crippen LogP) is 4.00. The molecule has 6 nitrogen and oxygen atoms in total. The van der Waals surface area contributed by atoms with Crippen LogP contribution < -0.4 is 20.5 Å². The predicted molar refractivity (Wildman–Crippen MR) is 124 cm³/mol. The molecule has 0 aliphatic carbocycles. The molecule has 164 valence electrons. The fraction of sp³-hybridized carbons (Fsp3) is 0.269. The molecule has 6 heteroatoms. The zero-order valence-corrected chi connectivity index (χ0v) is 18.5. The minimum absolute atomic E-state index is 0.193. The number of aromatic nitrogens is 1. The molecule has 0 unspecified atom stereocenters. The molecule has 3 heterocycles. The molecule has 3 aromatic rings. The van der Waals surface area contributed by atoms with Crippen LogP contribution in [0.5, 0.6) is 17.2 Å². The highest BCUT2D eigenvalue weighted by molar-refractivity contribution is 5.72. The summed E-state index contributed by atoms with van der Waals surface area (Å²) >= 11 is 0. The lowest BCUT2D eigenvalue weighted by atomic mass is 9.71. The fourth-order valence-electron chi connectivity index (χ4n) is 4.59. The summed E-state index contributed by atoms with van der Waals surface area (Å²) in [6.45, 7) is 6.30. The topological polar surface area (TPSA) is 89.6 Å². The van der Waals surface area contributed by atoms with Gasteiger partial charge >= 0.3 is 0 Å². The number of hydrogen-bond donors (Lipinski definition) is 3. The molecule has 0 radical (unpaired) electrons. The van der Waals surface area contributed by atoms with E-state index < -0.39 is 11.0 Å². The number of benzene rings is 2. The third-order valence-electron chi connectivity index (χ3n) is 6.05. The summed E-state index contributed by atoms with van der Waals surface area (Å²) in [7, 11) is 0. The van der Waals surface area contributed by atoms with Gasteiger partial charge in [-0.25, -0.2) is 0 Å². The van der Waals surface area contributed by atoms with Gasteiger partial charge in [-0.3, -0.25) is 4.98 Å². The van der Waals surface area contributed by atoms with E-state index in [1.165, 1.54) is 0 Å². The molecule has 4 N–H and O–H groups in total. The van der Waals surface area contributed by atoms with Crippen molar-refractivity contribution in [3.05, 3.63) is 83.4 Å². The van der Waals surface area contributed by atoms with E-state index in [0.29, 0.717) is 12.4 Å². The Morgan fingerprint density at radius 1 is 1.19 bits per heavy atom. The number of aliphatic hydroxyl groups is 1. The summed E-state index contributed by atoms with van der Waals surface area (Å²) in [5.74, 6) is 2.95. The molecule has 1 spiro atoms. The van der Waals surface area contributed by atoms with Gasteiger partial charge in [0.25, 0.3) is 0 Å². The van der Waals surface area contributed by atoms with Crippen molar-refractivity contribution in [1.82, 2.24) is 10.3 Å². The first-order valence-corrected chi connectivity index (χ1v) is 10.7. The Hall–Kier alpha value is -3.51. The monoisotopic (exact) mass is 429 g/mol. The number of nitrogens with two attached hydrogens (primary N) is 1. The maximum atomic E-state index is 10.1. The minimum atomic E-state index is -0.930. The van der Waals surface area contributed by atoms with Crippen LogP contribution in [0, 0.1) is 6.92 Å². The van der Waals surface area contributed by atoms with E-state index in [0.717, 1.165) is 45.1 Å². The molecule has 2 aromatic carbocycles. The molecule has 1 aromatic heterocycles. The molecule has 2 aliphatic heterocycles. The van der Waals surface area contributed by atoms with Gasteiger partial charge in [-0.15, -0.1) is 0 Å². The minimum Gasteiger partial charge on any atom is -0.490 e. The van der Waals surface area contributed by atoms with Crippen LogP contribution in [0.25, 0.3) is 11.1 Å². The number of rotatable bonds is 4. The van der Waals surface area contributed by atoms with E-state index in [-0.39, 0.29) is 6.61 Å². The molecule has 0 fully saturated rings. The maximum Gasteiger partial charge on any atom is 0.132 e. The number of hydrogen-bond acceptors (Lipinski definition) is 6. The number of pyridine rings is 1. The van der Waals surface area contributed by atoms with Crippen molar-refractivity contribution in [2.24, 2.45) is 5.73 Å². The number of ether oxygens (including phenoxy) is 2. The van der Waals surface area contributed by atoms with Crippen LogP contribution in [-0.2, 0) is 5.41 Å². The first kappa shape index (κ1) is 20.4. The quantitative estimate of drug-likeness (QED) is 0.581. The van der Waals surface area contributed by atoms with Gasteiger partial charge in [0.15, 0.2) is 0 Å². The van der Waals surface area contributed by atoms with Gasteiger partial charge in [0, 0.05) is 35.6 Å². The van der Waals surface area contributed by atoms with E-state index in [4.69, 9.17) is 15.2 Å². The summed E-state index contributed by atoms with van der Waals surface area (Å²) in [6, 6.07) is 14.0. The van der Waals surface area contributed by atoms with Crippen molar-refractivity contribution < 1.29 is 14.6 Å². The molecular formula is C26H27N3O3. The Morgan fingerprint density at radius 2 is 2.00 bits per heavy atom. The zero-order chi connectivity index (χ0) is 22.5. The van der Waals surface area contributed by atoms with E-state index in [2.05, 4.69) is 28.5 Å². The normalized spacial score (nSPS) is 18.9. The second kappa shape index (κ2) is 7.28. The van der Waals surface area contributed by atoms with Gasteiger partial charge in [-0.05, 0) is 68.3 Å². The summed E-state index contributed by atoms with van der Waals surface area (Å²) in [5, 5.41) is 13.4. The third-order valence-corrected chi connectivity index (χ3v) is 6.05. The Morgan fingerprint density at radius 3 is 2.69 bits per heavy atom. The maximum absolute atomic E-state index is 10.1. The number of fused-ring (bicyclic) bond motifs is 4. The summed E-state index contributed by atoms with van der Waals surface area (Å²) in [6.07, 6.45) is 5.70. The Bertz CT molecular complexity index is 1210. The highest BCUT2D eigenvalue weighted by atomic mass is 16.5. The second-order valence-electron chi connectivity index (χ2n) is 9.14.